The number of azo groups is 1. The van der Waals surface area contributed by atoms with Crippen molar-refractivity contribution in [3.63, 3.8) is 0 Å². The third-order valence-corrected chi connectivity index (χ3v) is 7.29. The second-order valence-electron chi connectivity index (χ2n) is 9.61. The number of carboxylic acids is 1. The van der Waals surface area contributed by atoms with Crippen LogP contribution >= 0.6 is 0 Å². The summed E-state index contributed by atoms with van der Waals surface area (Å²) in [5, 5.41) is 49.5. The van der Waals surface area contributed by atoms with Crippen LogP contribution < -0.4 is 107 Å². The molecule has 0 bridgehead atoms. The van der Waals surface area contributed by atoms with E-state index in [4.69, 9.17) is 0 Å². The third kappa shape index (κ3) is 10.5. The number of aromatic carboxylic acids is 1. The molecule has 0 unspecified atom stereocenters. The standard InChI is InChI=1S/C31H22N6O9S.Cu.2Na/c38-26-12-9-21(15-23(26)31(42)43)34-32-19-5-1-17(2-6-19)18-3-7-20(8-4-18)33-37-29-28(40)14-11-24(30(29)41)35-36-25-16-22(47(44,45)46)10-13-27(25)39;;;/h1-16,33,36,38-39H,(H,42,43)(H,44,45,46);;;/q;+2;2*+1/p-4. The normalized spacial score (nSPS) is 11.6. The van der Waals surface area contributed by atoms with Crippen LogP contribution in [0.1, 0.15) is 10.4 Å². The van der Waals surface area contributed by atoms with Crippen molar-refractivity contribution < 1.29 is 109 Å². The van der Waals surface area contributed by atoms with Crippen molar-refractivity contribution in [3.8, 4) is 22.6 Å². The molecule has 0 aliphatic carbocycles. The van der Waals surface area contributed by atoms with Gasteiger partial charge in [0.2, 0.25) is 10.9 Å². The maximum Gasteiger partial charge on any atom is 2.00 e. The first-order valence-electron chi connectivity index (χ1n) is 13.2. The Labute approximate surface area is 337 Å². The van der Waals surface area contributed by atoms with Gasteiger partial charge in [0.1, 0.15) is 15.5 Å². The van der Waals surface area contributed by atoms with Gasteiger partial charge in [-0.2, -0.15) is 20.4 Å². The van der Waals surface area contributed by atoms with Crippen LogP contribution in [0, 0.1) is 0 Å². The molecule has 5 rings (SSSR count). The van der Waals surface area contributed by atoms with Crippen molar-refractivity contribution in [1.82, 2.24) is 0 Å². The topological polar surface area (TPSA) is 251 Å². The number of benzene rings is 5. The molecule has 0 heterocycles. The molecule has 0 aromatic heterocycles. The molecular weight excluding hydrogens is 742 g/mol. The SMILES string of the molecule is O=C([O-])c1cc(N=Nc2ccc(-c3ccc(NN=c4c(=O)ccc(=NNc5cc(S(=O)(=O)[O-])ccc5[O-])c4=O)cc3)cc2)ccc1[O-].[Cu+2].[Na+].[Na+]. The molecule has 2 N–H and O–H groups in total. The molecule has 245 valence electrons. The molecule has 5 aromatic rings. The Morgan fingerprint density at radius 3 is 1.88 bits per heavy atom. The molecule has 0 saturated heterocycles. The van der Waals surface area contributed by atoms with E-state index in [-0.39, 0.29) is 92.9 Å². The van der Waals surface area contributed by atoms with Crippen molar-refractivity contribution in [2.75, 3.05) is 10.9 Å². The summed E-state index contributed by atoms with van der Waals surface area (Å²) >= 11 is 0. The fourth-order valence-electron chi connectivity index (χ4n) is 4.04. The minimum Gasteiger partial charge on any atom is -0.872 e. The van der Waals surface area contributed by atoms with Gasteiger partial charge in [-0.15, -0.1) is 0 Å². The van der Waals surface area contributed by atoms with Crippen molar-refractivity contribution >= 4 is 38.8 Å². The van der Waals surface area contributed by atoms with Gasteiger partial charge < -0.3 is 24.7 Å². The average molecular weight is 760 g/mol. The van der Waals surface area contributed by atoms with E-state index in [1.165, 1.54) is 6.07 Å². The molecule has 5 aromatic carbocycles. The van der Waals surface area contributed by atoms with E-state index in [0.717, 1.165) is 53.6 Å². The average Bonchev–Trinajstić information content (AvgIpc) is 3.04. The Morgan fingerprint density at radius 1 is 0.680 bits per heavy atom. The van der Waals surface area contributed by atoms with Gasteiger partial charge in [-0.1, -0.05) is 47.9 Å². The predicted octanol–water partition coefficient (Wildman–Crippen LogP) is -5.36. The fraction of sp³-hybridized carbons (Fsp3) is 0. The smallest absolute Gasteiger partial charge is 0.872 e. The van der Waals surface area contributed by atoms with E-state index in [9.17, 15) is 42.7 Å². The van der Waals surface area contributed by atoms with Gasteiger partial charge in [-0.3, -0.25) is 20.4 Å². The number of rotatable bonds is 9. The number of nitrogens with one attached hydrogen (secondary N) is 2. The minimum absolute atomic E-state index is 0. The van der Waals surface area contributed by atoms with Crippen molar-refractivity contribution in [3.05, 3.63) is 134 Å². The van der Waals surface area contributed by atoms with E-state index in [0.29, 0.717) is 11.4 Å². The summed E-state index contributed by atoms with van der Waals surface area (Å²) in [4.78, 5) is 35.6. The summed E-state index contributed by atoms with van der Waals surface area (Å²) in [6, 6.07) is 21.8. The number of carbonyl (C=O) groups is 1. The Morgan fingerprint density at radius 2 is 1.26 bits per heavy atom. The summed E-state index contributed by atoms with van der Waals surface area (Å²) < 4.78 is 33.7. The Bertz CT molecular complexity index is 2390. The predicted molar refractivity (Wildman–Crippen MR) is 160 cm³/mol. The van der Waals surface area contributed by atoms with Gasteiger partial charge in [0.25, 0.3) is 0 Å². The fourth-order valence-corrected chi connectivity index (χ4v) is 4.54. The second-order valence-corrected chi connectivity index (χ2v) is 11.0. The maximum absolute atomic E-state index is 12.8. The van der Waals surface area contributed by atoms with Crippen molar-refractivity contribution in [2.45, 2.75) is 4.90 Å². The van der Waals surface area contributed by atoms with Gasteiger partial charge in [0.05, 0.1) is 27.9 Å². The van der Waals surface area contributed by atoms with E-state index < -0.39 is 54.3 Å². The van der Waals surface area contributed by atoms with Crippen LogP contribution in [0.3, 0.4) is 0 Å². The second kappa shape index (κ2) is 18.3. The monoisotopic (exact) mass is 759 g/mol. The summed E-state index contributed by atoms with van der Waals surface area (Å²) in [7, 11) is -4.84. The van der Waals surface area contributed by atoms with Gasteiger partial charge in [-0.25, -0.2) is 8.42 Å². The zero-order chi connectivity index (χ0) is 33.7. The molecule has 0 atom stereocenters. The van der Waals surface area contributed by atoms with Crippen molar-refractivity contribution in [1.29, 1.82) is 0 Å². The quantitative estimate of drug-likeness (QED) is 0.0621. The molecule has 19 heteroatoms. The molecule has 50 heavy (non-hydrogen) atoms. The van der Waals surface area contributed by atoms with Gasteiger partial charge in [0.15, 0.2) is 5.36 Å². The first-order chi connectivity index (χ1) is 22.4. The molecule has 0 fully saturated rings. The largest absolute Gasteiger partial charge is 2.00 e. The summed E-state index contributed by atoms with van der Waals surface area (Å²) in [5.41, 5.74) is 5.11. The minimum atomic E-state index is -4.84. The number of hydrogen-bond donors (Lipinski definition) is 2. The number of anilines is 2. The molecular formula is C31H18CuN6Na2O9S. The zero-order valence-corrected chi connectivity index (χ0v) is 31.7. The molecule has 0 aliphatic rings. The Hall–Kier alpha value is -4.00. The number of nitrogens with zero attached hydrogens (tertiary/aromatic N) is 4. The van der Waals surface area contributed by atoms with Crippen LogP contribution in [-0.2, 0) is 27.2 Å². The number of carbonyl (C=O) groups excluding carboxylic acids is 1. The van der Waals surface area contributed by atoms with E-state index >= 15 is 0 Å². The van der Waals surface area contributed by atoms with Crippen LogP contribution in [0.5, 0.6) is 11.5 Å². The molecule has 15 nitrogen and oxygen atoms in total. The third-order valence-electron chi connectivity index (χ3n) is 6.46. The molecule has 0 aliphatic heterocycles. The van der Waals surface area contributed by atoms with Gasteiger partial charge >= 0.3 is 76.2 Å². The summed E-state index contributed by atoms with van der Waals surface area (Å²) in [6.45, 7) is 0. The first kappa shape index (κ1) is 42.2. The van der Waals surface area contributed by atoms with Gasteiger partial charge in [0, 0.05) is 5.69 Å². The maximum atomic E-state index is 12.8. The van der Waals surface area contributed by atoms with Crippen LogP contribution in [0.15, 0.2) is 132 Å². The van der Waals surface area contributed by atoms with Crippen LogP contribution in [-0.4, -0.2) is 18.9 Å². The van der Waals surface area contributed by atoms with Crippen LogP contribution in [0.25, 0.3) is 11.1 Å². The Balaban J connectivity index is 0.00000289. The molecule has 0 amide bonds. The Kier molecular flexibility index (Phi) is 15.4. The molecule has 1 radical (unpaired) electrons. The van der Waals surface area contributed by atoms with E-state index in [1.807, 2.05) is 0 Å². The zero-order valence-electron chi connectivity index (χ0n) is 25.9. The van der Waals surface area contributed by atoms with E-state index in [1.54, 1.807) is 48.5 Å². The van der Waals surface area contributed by atoms with Crippen molar-refractivity contribution in [2.24, 2.45) is 20.4 Å². The van der Waals surface area contributed by atoms with Gasteiger partial charge in [-0.05, 0) is 77.4 Å². The first-order valence-corrected chi connectivity index (χ1v) is 14.7. The number of hydrogen-bond acceptors (Lipinski definition) is 15. The molecule has 0 saturated carbocycles. The van der Waals surface area contributed by atoms with Crippen LogP contribution in [0.2, 0.25) is 0 Å². The number of carboxylic acid groups (broad SMARTS) is 1. The summed E-state index contributed by atoms with van der Waals surface area (Å²) in [6.07, 6.45) is 0. The van der Waals surface area contributed by atoms with E-state index in [2.05, 4.69) is 31.3 Å². The molecule has 0 spiro atoms. The summed E-state index contributed by atoms with van der Waals surface area (Å²) in [5.74, 6) is -2.98. The van der Waals surface area contributed by atoms with Crippen LogP contribution in [0.4, 0.5) is 22.7 Å².